The van der Waals surface area contributed by atoms with Crippen molar-refractivity contribution < 1.29 is 14.4 Å². The van der Waals surface area contributed by atoms with Crippen molar-refractivity contribution in [3.63, 3.8) is 0 Å². The number of aromatic amines is 1. The van der Waals surface area contributed by atoms with Gasteiger partial charge in [0.05, 0.1) is 25.0 Å². The van der Waals surface area contributed by atoms with Crippen LogP contribution in [0.4, 0.5) is 17.5 Å². The second-order valence-corrected chi connectivity index (χ2v) is 8.42. The zero-order valence-electron chi connectivity index (χ0n) is 18.0. The Kier molecular flexibility index (Phi) is 5.43. The summed E-state index contributed by atoms with van der Waals surface area (Å²) in [4.78, 5) is 40.7. The minimum atomic E-state index is -0.290. The van der Waals surface area contributed by atoms with Gasteiger partial charge in [-0.1, -0.05) is 24.3 Å². The summed E-state index contributed by atoms with van der Waals surface area (Å²) in [5.74, 6) is 1.48. The summed E-state index contributed by atoms with van der Waals surface area (Å²) in [5, 5.41) is 6.73. The number of anilines is 3. The van der Waals surface area contributed by atoms with Crippen molar-refractivity contribution in [2.24, 2.45) is 23.5 Å². The molecule has 1 aromatic rings. The number of H-pyrrole nitrogens is 1. The highest BCUT2D eigenvalue weighted by Crippen LogP contribution is 2.45. The van der Waals surface area contributed by atoms with E-state index in [9.17, 15) is 9.59 Å². The van der Waals surface area contributed by atoms with E-state index in [2.05, 4.69) is 43.1 Å². The Balaban J connectivity index is 1.36. The van der Waals surface area contributed by atoms with Gasteiger partial charge in [-0.15, -0.1) is 0 Å². The molecule has 4 aliphatic rings. The van der Waals surface area contributed by atoms with Crippen LogP contribution in [0.3, 0.4) is 0 Å². The highest BCUT2D eigenvalue weighted by molar-refractivity contribution is 5.81. The molecule has 0 spiro atoms. The summed E-state index contributed by atoms with van der Waals surface area (Å²) in [7, 11) is 1.40. The van der Waals surface area contributed by atoms with Gasteiger partial charge in [0, 0.05) is 17.9 Å². The van der Waals surface area contributed by atoms with Crippen molar-refractivity contribution in [1.82, 2.24) is 20.4 Å². The maximum absolute atomic E-state index is 12.1. The third-order valence-corrected chi connectivity index (χ3v) is 6.30. The van der Waals surface area contributed by atoms with Crippen LogP contribution in [0.1, 0.15) is 12.0 Å². The highest BCUT2D eigenvalue weighted by Gasteiger charge is 2.47. The molecule has 1 saturated carbocycles. The van der Waals surface area contributed by atoms with E-state index >= 15 is 0 Å². The normalized spacial score (nSPS) is 23.1. The third kappa shape index (κ3) is 4.12. The maximum atomic E-state index is 12.1. The lowest BCUT2D eigenvalue weighted by Crippen LogP contribution is -2.41. The van der Waals surface area contributed by atoms with Crippen molar-refractivity contribution in [2.45, 2.75) is 18.9 Å². The first kappa shape index (κ1) is 21.0. The predicted octanol–water partition coefficient (Wildman–Crippen LogP) is 1.96. The minimum Gasteiger partial charge on any atom is -0.369 e. The second kappa shape index (κ2) is 8.55. The van der Waals surface area contributed by atoms with Gasteiger partial charge < -0.3 is 21.4 Å². The van der Waals surface area contributed by atoms with E-state index in [1.807, 2.05) is 30.3 Å². The molecule has 2 amide bonds. The number of carbonyl (C=O) groups is 2. The number of amides is 2. The van der Waals surface area contributed by atoms with E-state index in [0.29, 0.717) is 17.6 Å². The molecule has 0 radical (unpaired) electrons. The van der Waals surface area contributed by atoms with E-state index in [1.165, 1.54) is 7.11 Å². The van der Waals surface area contributed by atoms with Crippen LogP contribution in [0.5, 0.6) is 0 Å². The van der Waals surface area contributed by atoms with Crippen LogP contribution in [0.2, 0.25) is 0 Å². The van der Waals surface area contributed by atoms with Gasteiger partial charge in [0.1, 0.15) is 11.6 Å². The van der Waals surface area contributed by atoms with E-state index in [1.54, 1.807) is 6.20 Å². The molecule has 4 atom stereocenters. The minimum absolute atomic E-state index is 0.101. The first-order chi connectivity index (χ1) is 16.0. The Labute approximate surface area is 190 Å². The fraction of sp³-hybridized carbons (Fsp3) is 0.304. The summed E-state index contributed by atoms with van der Waals surface area (Å²) >= 11 is 0. The summed E-state index contributed by atoms with van der Waals surface area (Å²) in [5.41, 5.74) is 10.5. The van der Waals surface area contributed by atoms with E-state index in [-0.39, 0.29) is 42.0 Å². The molecule has 5 rings (SSSR count). The molecule has 10 nitrogen and oxygen atoms in total. The number of benzene rings is 1. The summed E-state index contributed by atoms with van der Waals surface area (Å²) < 4.78 is 0. The van der Waals surface area contributed by atoms with Crippen molar-refractivity contribution in [2.75, 3.05) is 17.7 Å². The number of fused-ring (bicyclic) bond motifs is 3. The van der Waals surface area contributed by atoms with Gasteiger partial charge in [-0.3, -0.25) is 14.4 Å². The van der Waals surface area contributed by atoms with E-state index in [4.69, 9.17) is 10.7 Å². The monoisotopic (exact) mass is 447 g/mol. The van der Waals surface area contributed by atoms with Gasteiger partial charge in [0.2, 0.25) is 17.8 Å². The fourth-order valence-electron chi connectivity index (χ4n) is 4.85. The molecular formula is C23H25N7O3. The Morgan fingerprint density at radius 1 is 1.18 bits per heavy atom. The van der Waals surface area contributed by atoms with Crippen LogP contribution in [-0.2, 0) is 20.8 Å². The lowest BCUT2D eigenvalue weighted by Gasteiger charge is -2.28. The van der Waals surface area contributed by atoms with Crippen LogP contribution in [0.25, 0.3) is 11.4 Å². The molecule has 0 saturated heterocycles. The zero-order chi connectivity index (χ0) is 22.9. The average Bonchev–Trinajstić information content (AvgIpc) is 3.51. The number of nitrogens with zero attached hydrogens (tertiary/aromatic N) is 2. The molecule has 1 aromatic carbocycles. The molecule has 33 heavy (non-hydrogen) atoms. The molecule has 10 heteroatoms. The van der Waals surface area contributed by atoms with E-state index < -0.39 is 0 Å². The quantitative estimate of drug-likeness (QED) is 0.262. The molecule has 2 bridgehead atoms. The number of nitrogens with two attached hydrogens (primary N) is 1. The number of allylic oxidation sites excluding steroid dienone is 1. The number of aromatic nitrogens is 3. The summed E-state index contributed by atoms with van der Waals surface area (Å²) in [6, 6.07) is 9.22. The maximum Gasteiger partial charge on any atom is 0.247 e. The number of rotatable bonds is 8. The van der Waals surface area contributed by atoms with Gasteiger partial charge >= 0.3 is 0 Å². The topological polar surface area (TPSA) is 147 Å². The Morgan fingerprint density at radius 2 is 1.97 bits per heavy atom. The fourth-order valence-corrected chi connectivity index (χ4v) is 4.85. The van der Waals surface area contributed by atoms with Gasteiger partial charge in [0.25, 0.3) is 0 Å². The SMILES string of the molecule is CONC(=O)Cc1ccc(Nc2nc(NC3C4C=CC(C4)C3C(N)=O)c3ccnc-3[nH]2)cc1. The molecule has 1 fully saturated rings. The average molecular weight is 447 g/mol. The molecule has 2 heterocycles. The lowest BCUT2D eigenvalue weighted by molar-refractivity contribution is -0.130. The molecule has 4 unspecified atom stereocenters. The van der Waals surface area contributed by atoms with Crippen molar-refractivity contribution in [3.8, 4) is 11.4 Å². The van der Waals surface area contributed by atoms with Crippen LogP contribution in [0, 0.1) is 17.8 Å². The van der Waals surface area contributed by atoms with Gasteiger partial charge in [-0.05, 0) is 42.0 Å². The number of hydrogen-bond donors (Lipinski definition) is 5. The molecule has 2 aliphatic carbocycles. The Hall–Kier alpha value is -3.92. The Bertz CT molecular complexity index is 1170. The Morgan fingerprint density at radius 3 is 2.73 bits per heavy atom. The number of carbonyl (C=O) groups excluding carboxylic acids is 2. The van der Waals surface area contributed by atoms with Gasteiger partial charge in [-0.2, -0.15) is 4.98 Å². The number of hydrogen-bond acceptors (Lipinski definition) is 7. The van der Waals surface area contributed by atoms with Crippen LogP contribution < -0.4 is 21.8 Å². The predicted molar refractivity (Wildman–Crippen MR) is 122 cm³/mol. The summed E-state index contributed by atoms with van der Waals surface area (Å²) in [6.07, 6.45) is 7.11. The molecule has 6 N–H and O–H groups in total. The van der Waals surface area contributed by atoms with Crippen LogP contribution in [0.15, 0.2) is 48.7 Å². The second-order valence-electron chi connectivity index (χ2n) is 8.42. The van der Waals surface area contributed by atoms with Crippen LogP contribution >= 0.6 is 0 Å². The number of primary amides is 1. The van der Waals surface area contributed by atoms with Crippen molar-refractivity contribution in [3.05, 3.63) is 54.2 Å². The standard InChI is InChI=1S/C23H25N7O3/c1-33-30-17(31)10-12-2-6-15(7-3-12)26-23-28-21-16(8-9-25-21)22(29-23)27-19-14-5-4-13(11-14)18(19)20(24)32/h2-9,13-14,18-19H,10-11H2,1H3,(H2,24,32)(H,30,31)(H3,25,26,27,28,29). The van der Waals surface area contributed by atoms with Crippen molar-refractivity contribution >= 4 is 29.3 Å². The lowest BCUT2D eigenvalue weighted by atomic mass is 9.88. The first-order valence-electron chi connectivity index (χ1n) is 10.8. The first-order valence-corrected chi connectivity index (χ1v) is 10.8. The third-order valence-electron chi connectivity index (χ3n) is 6.30. The number of nitrogens with one attached hydrogen (secondary N) is 4. The molecule has 0 aromatic heterocycles. The van der Waals surface area contributed by atoms with Crippen LogP contribution in [-0.4, -0.2) is 39.9 Å². The number of hydroxylamine groups is 1. The molecular weight excluding hydrogens is 422 g/mol. The summed E-state index contributed by atoms with van der Waals surface area (Å²) in [6.45, 7) is 0. The van der Waals surface area contributed by atoms with Gasteiger partial charge in [0.15, 0.2) is 0 Å². The smallest absolute Gasteiger partial charge is 0.247 e. The molecule has 170 valence electrons. The van der Waals surface area contributed by atoms with Gasteiger partial charge in [-0.25, -0.2) is 10.5 Å². The van der Waals surface area contributed by atoms with Crippen molar-refractivity contribution in [1.29, 1.82) is 0 Å². The zero-order valence-corrected chi connectivity index (χ0v) is 18.0. The highest BCUT2D eigenvalue weighted by atomic mass is 16.6. The molecule has 2 aliphatic heterocycles. The van der Waals surface area contributed by atoms with E-state index in [0.717, 1.165) is 23.2 Å². The largest absolute Gasteiger partial charge is 0.369 e.